The number of hydrogen-bond donors (Lipinski definition) is 0. The second-order valence-corrected chi connectivity index (χ2v) is 4.64. The van der Waals surface area contributed by atoms with Gasteiger partial charge < -0.3 is 9.15 Å². The first-order valence-corrected chi connectivity index (χ1v) is 6.69. The van der Waals surface area contributed by atoms with E-state index in [9.17, 15) is 4.79 Å². The molecular weight excluding hydrogens is 282 g/mol. The topological polar surface area (TPSA) is 69.1 Å². The molecule has 0 saturated heterocycles. The summed E-state index contributed by atoms with van der Waals surface area (Å²) in [6.07, 6.45) is 6.64. The first-order chi connectivity index (χ1) is 10.8. The highest BCUT2D eigenvalue weighted by Crippen LogP contribution is 2.13. The molecule has 0 radical (unpaired) electrons. The van der Waals surface area contributed by atoms with Crippen LogP contribution in [0.3, 0.4) is 0 Å². The molecule has 110 valence electrons. The van der Waals surface area contributed by atoms with Gasteiger partial charge in [-0.3, -0.25) is 0 Å². The lowest BCUT2D eigenvalue weighted by Crippen LogP contribution is -2.37. The molecule has 0 aliphatic heterocycles. The fourth-order valence-electron chi connectivity index (χ4n) is 2.07. The molecule has 1 aromatic carbocycles. The summed E-state index contributed by atoms with van der Waals surface area (Å²) in [4.78, 5) is 15.6. The van der Waals surface area contributed by atoms with Crippen LogP contribution >= 0.6 is 0 Å². The van der Waals surface area contributed by atoms with E-state index in [1.807, 2.05) is 24.4 Å². The predicted molar refractivity (Wildman–Crippen MR) is 76.8 cm³/mol. The predicted octanol–water partition coefficient (Wildman–Crippen LogP) is 1.86. The average Bonchev–Trinajstić information content (AvgIpc) is 3.09. The SMILES string of the molecule is COC(=O)c1cccc(C[n+]2ccc(-c3ncco3)cn2)c1. The summed E-state index contributed by atoms with van der Waals surface area (Å²) in [7, 11) is 1.37. The number of aromatic nitrogens is 3. The Balaban J connectivity index is 1.77. The van der Waals surface area contributed by atoms with Crippen molar-refractivity contribution in [2.45, 2.75) is 6.54 Å². The van der Waals surface area contributed by atoms with Crippen molar-refractivity contribution in [3.05, 3.63) is 66.3 Å². The van der Waals surface area contributed by atoms with E-state index in [4.69, 9.17) is 9.15 Å². The molecule has 0 amide bonds. The molecule has 3 aromatic rings. The lowest BCUT2D eigenvalue weighted by molar-refractivity contribution is -0.746. The molecule has 0 unspecified atom stereocenters. The standard InChI is InChI=1S/C16H14N3O3/c1-21-16(20)13-4-2-3-12(9-13)11-19-7-5-14(10-18-19)15-17-6-8-22-15/h2-10H,11H2,1H3/q+1. The zero-order chi connectivity index (χ0) is 15.4. The van der Waals surface area contributed by atoms with E-state index in [-0.39, 0.29) is 5.97 Å². The summed E-state index contributed by atoms with van der Waals surface area (Å²) < 4.78 is 11.7. The van der Waals surface area contributed by atoms with E-state index >= 15 is 0 Å². The highest BCUT2D eigenvalue weighted by atomic mass is 16.5. The zero-order valence-corrected chi connectivity index (χ0v) is 12.0. The molecule has 0 aliphatic carbocycles. The third-order valence-electron chi connectivity index (χ3n) is 3.14. The van der Waals surface area contributed by atoms with Crippen molar-refractivity contribution < 1.29 is 18.6 Å². The summed E-state index contributed by atoms with van der Waals surface area (Å²) in [5.41, 5.74) is 2.30. The van der Waals surface area contributed by atoms with Crippen molar-refractivity contribution in [2.24, 2.45) is 0 Å². The molecule has 0 saturated carbocycles. The Morgan fingerprint density at radius 3 is 2.95 bits per heavy atom. The quantitative estimate of drug-likeness (QED) is 0.543. The van der Waals surface area contributed by atoms with Crippen LogP contribution in [-0.2, 0) is 11.3 Å². The zero-order valence-electron chi connectivity index (χ0n) is 12.0. The fraction of sp³-hybridized carbons (Fsp3) is 0.125. The third kappa shape index (κ3) is 3.01. The van der Waals surface area contributed by atoms with E-state index in [2.05, 4.69) is 10.1 Å². The van der Waals surface area contributed by atoms with Crippen LogP contribution in [0.5, 0.6) is 0 Å². The van der Waals surface area contributed by atoms with E-state index in [1.165, 1.54) is 13.4 Å². The molecule has 0 bridgehead atoms. The minimum Gasteiger partial charge on any atom is -0.465 e. The highest BCUT2D eigenvalue weighted by Gasteiger charge is 2.11. The Bertz CT molecular complexity index is 768. The molecule has 0 atom stereocenters. The third-order valence-corrected chi connectivity index (χ3v) is 3.14. The van der Waals surface area contributed by atoms with Crippen molar-refractivity contribution in [1.29, 1.82) is 0 Å². The molecule has 0 aliphatic rings. The number of carbonyl (C=O) groups is 1. The average molecular weight is 296 g/mol. The van der Waals surface area contributed by atoms with Gasteiger partial charge in [0.05, 0.1) is 24.4 Å². The first-order valence-electron chi connectivity index (χ1n) is 6.69. The molecule has 0 N–H and O–H groups in total. The molecule has 22 heavy (non-hydrogen) atoms. The Morgan fingerprint density at radius 1 is 1.36 bits per heavy atom. The lowest BCUT2D eigenvalue weighted by Gasteiger charge is -2.01. The number of nitrogens with zero attached hydrogens (tertiary/aromatic N) is 3. The van der Waals surface area contributed by atoms with Crippen LogP contribution in [0.2, 0.25) is 0 Å². The van der Waals surface area contributed by atoms with Crippen LogP contribution in [-0.4, -0.2) is 23.2 Å². The van der Waals surface area contributed by atoms with E-state index in [0.717, 1.165) is 11.1 Å². The van der Waals surface area contributed by atoms with E-state index in [0.29, 0.717) is 18.0 Å². The summed E-state index contributed by atoms with van der Waals surface area (Å²) in [5.74, 6) is 0.186. The van der Waals surface area contributed by atoms with Gasteiger partial charge in [0.25, 0.3) is 0 Å². The van der Waals surface area contributed by atoms with Crippen LogP contribution in [0, 0.1) is 0 Å². The van der Waals surface area contributed by atoms with Crippen molar-refractivity contribution in [1.82, 2.24) is 10.1 Å². The van der Waals surface area contributed by atoms with Gasteiger partial charge in [0, 0.05) is 11.6 Å². The number of carbonyl (C=O) groups excluding carboxylic acids is 1. The number of ether oxygens (including phenoxy) is 1. The number of oxazole rings is 1. The monoisotopic (exact) mass is 296 g/mol. The Kier molecular flexibility index (Phi) is 3.91. The molecular formula is C16H14N3O3+. The molecule has 6 nitrogen and oxygen atoms in total. The summed E-state index contributed by atoms with van der Waals surface area (Å²) in [6.45, 7) is 0.552. The van der Waals surface area contributed by atoms with E-state index in [1.54, 1.807) is 29.2 Å². The number of esters is 1. The van der Waals surface area contributed by atoms with Crippen LogP contribution in [0.4, 0.5) is 0 Å². The van der Waals surface area contributed by atoms with Gasteiger partial charge in [-0.1, -0.05) is 16.8 Å². The second kappa shape index (κ2) is 6.17. The van der Waals surface area contributed by atoms with Gasteiger partial charge in [0.15, 0.2) is 12.7 Å². The van der Waals surface area contributed by atoms with E-state index < -0.39 is 0 Å². The van der Waals surface area contributed by atoms with Crippen LogP contribution < -0.4 is 4.68 Å². The summed E-state index contributed by atoms with van der Waals surface area (Å²) >= 11 is 0. The number of benzene rings is 1. The lowest BCUT2D eigenvalue weighted by atomic mass is 10.1. The van der Waals surface area contributed by atoms with Gasteiger partial charge in [-0.2, -0.15) is 0 Å². The largest absolute Gasteiger partial charge is 0.465 e. The molecule has 3 rings (SSSR count). The van der Waals surface area contributed by atoms with Gasteiger partial charge in [0.1, 0.15) is 12.5 Å². The maximum absolute atomic E-state index is 11.5. The fourth-order valence-corrected chi connectivity index (χ4v) is 2.07. The van der Waals surface area contributed by atoms with Crippen LogP contribution in [0.15, 0.2) is 59.6 Å². The number of hydrogen-bond acceptors (Lipinski definition) is 5. The minimum atomic E-state index is -0.348. The van der Waals surface area contributed by atoms with Gasteiger partial charge in [-0.05, 0) is 17.2 Å². The Hall–Kier alpha value is -3.02. The molecule has 0 spiro atoms. The summed E-state index contributed by atoms with van der Waals surface area (Å²) in [6, 6.07) is 9.15. The molecule has 6 heteroatoms. The maximum Gasteiger partial charge on any atom is 0.337 e. The van der Waals surface area contributed by atoms with Gasteiger partial charge in [0.2, 0.25) is 5.89 Å². The second-order valence-electron chi connectivity index (χ2n) is 4.64. The van der Waals surface area contributed by atoms with Gasteiger partial charge in [-0.25, -0.2) is 9.78 Å². The molecule has 2 heterocycles. The van der Waals surface area contributed by atoms with Gasteiger partial charge >= 0.3 is 5.97 Å². The molecule has 0 fully saturated rings. The van der Waals surface area contributed by atoms with Crippen molar-refractivity contribution in [3.8, 4) is 11.5 Å². The number of methoxy groups -OCH3 is 1. The van der Waals surface area contributed by atoms with Crippen molar-refractivity contribution in [3.63, 3.8) is 0 Å². The van der Waals surface area contributed by atoms with Crippen molar-refractivity contribution in [2.75, 3.05) is 7.11 Å². The molecule has 2 aromatic heterocycles. The first kappa shape index (κ1) is 13.9. The minimum absolute atomic E-state index is 0.348. The van der Waals surface area contributed by atoms with Gasteiger partial charge in [-0.15, -0.1) is 0 Å². The highest BCUT2D eigenvalue weighted by molar-refractivity contribution is 5.89. The normalized spacial score (nSPS) is 10.4. The smallest absolute Gasteiger partial charge is 0.337 e. The van der Waals surface area contributed by atoms with Crippen LogP contribution in [0.25, 0.3) is 11.5 Å². The maximum atomic E-state index is 11.5. The Labute approximate surface area is 127 Å². The van der Waals surface area contributed by atoms with Crippen molar-refractivity contribution >= 4 is 5.97 Å². The Morgan fingerprint density at radius 2 is 2.27 bits per heavy atom. The summed E-state index contributed by atoms with van der Waals surface area (Å²) in [5, 5.41) is 4.33. The number of rotatable bonds is 4. The van der Waals surface area contributed by atoms with Crippen LogP contribution in [0.1, 0.15) is 15.9 Å².